The minimum atomic E-state index is 0.713. The molecule has 0 unspecified atom stereocenters. The zero-order chi connectivity index (χ0) is 15.6. The number of thiazole rings is 1. The highest BCUT2D eigenvalue weighted by atomic mass is 32.1. The number of benzene rings is 1. The Hall–Kier alpha value is -1.75. The molecule has 0 N–H and O–H groups in total. The lowest BCUT2D eigenvalue weighted by Gasteiger charge is -2.30. The quantitative estimate of drug-likeness (QED) is 0.826. The molecule has 0 amide bonds. The van der Waals surface area contributed by atoms with Gasteiger partial charge in [-0.25, -0.2) is 4.98 Å². The first-order valence-electron chi connectivity index (χ1n) is 8.40. The number of nitrogens with zero attached hydrogens (tertiary/aromatic N) is 2. The molecule has 1 fully saturated rings. The van der Waals surface area contributed by atoms with Gasteiger partial charge in [-0.15, -0.1) is 11.3 Å². The highest BCUT2D eigenvalue weighted by Crippen LogP contribution is 2.36. The average molecular weight is 330 g/mol. The third-order valence-corrected chi connectivity index (χ3v) is 5.36. The molecule has 4 nitrogen and oxygen atoms in total. The van der Waals surface area contributed by atoms with Crippen molar-refractivity contribution in [1.82, 2.24) is 4.98 Å². The summed E-state index contributed by atoms with van der Waals surface area (Å²) in [5, 5.41) is 3.28. The van der Waals surface area contributed by atoms with E-state index < -0.39 is 0 Å². The summed E-state index contributed by atoms with van der Waals surface area (Å²) in [6.45, 7) is 6.00. The van der Waals surface area contributed by atoms with Gasteiger partial charge in [0.2, 0.25) is 0 Å². The van der Waals surface area contributed by atoms with Gasteiger partial charge in [-0.05, 0) is 37.0 Å². The molecular formula is C18H22N2O2S. The Balaban J connectivity index is 1.58. The lowest BCUT2D eigenvalue weighted by molar-refractivity contribution is 0.297. The number of hydrogen-bond acceptors (Lipinski definition) is 5. The van der Waals surface area contributed by atoms with Crippen LogP contribution in [-0.2, 0) is 0 Å². The van der Waals surface area contributed by atoms with E-state index in [1.807, 2.05) is 6.07 Å². The van der Waals surface area contributed by atoms with E-state index in [0.717, 1.165) is 59.9 Å². The van der Waals surface area contributed by atoms with Crippen LogP contribution in [0.4, 0.5) is 5.13 Å². The van der Waals surface area contributed by atoms with Crippen LogP contribution in [0.2, 0.25) is 0 Å². The van der Waals surface area contributed by atoms with Gasteiger partial charge in [-0.1, -0.05) is 6.92 Å². The Labute approximate surface area is 141 Å². The molecule has 5 heteroatoms. The predicted octanol–water partition coefficient (Wildman–Crippen LogP) is 4.21. The third-order valence-electron chi connectivity index (χ3n) is 4.46. The summed E-state index contributed by atoms with van der Waals surface area (Å²) in [6.07, 6.45) is 3.52. The van der Waals surface area contributed by atoms with Crippen molar-refractivity contribution in [3.05, 3.63) is 23.6 Å². The van der Waals surface area contributed by atoms with Crippen molar-refractivity contribution in [2.45, 2.75) is 26.2 Å². The molecule has 2 aromatic rings. The van der Waals surface area contributed by atoms with Gasteiger partial charge in [0.25, 0.3) is 0 Å². The molecule has 1 saturated heterocycles. The highest BCUT2D eigenvalue weighted by Gasteiger charge is 2.20. The van der Waals surface area contributed by atoms with Gasteiger partial charge in [-0.3, -0.25) is 0 Å². The number of ether oxygens (including phenoxy) is 2. The monoisotopic (exact) mass is 330 g/mol. The van der Waals surface area contributed by atoms with E-state index in [1.165, 1.54) is 12.8 Å². The summed E-state index contributed by atoms with van der Waals surface area (Å²) >= 11 is 1.74. The Morgan fingerprint density at radius 2 is 2.04 bits per heavy atom. The van der Waals surface area contributed by atoms with Crippen LogP contribution in [0, 0.1) is 5.92 Å². The second kappa shape index (κ2) is 6.40. The third kappa shape index (κ3) is 3.15. The van der Waals surface area contributed by atoms with Crippen LogP contribution in [0.5, 0.6) is 11.5 Å². The van der Waals surface area contributed by atoms with Crippen molar-refractivity contribution in [3.63, 3.8) is 0 Å². The van der Waals surface area contributed by atoms with Gasteiger partial charge in [0.15, 0.2) is 16.6 Å². The largest absolute Gasteiger partial charge is 0.490 e. The minimum Gasteiger partial charge on any atom is -0.490 e. The van der Waals surface area contributed by atoms with Gasteiger partial charge >= 0.3 is 0 Å². The van der Waals surface area contributed by atoms with E-state index in [9.17, 15) is 0 Å². The molecule has 1 atom stereocenters. The summed E-state index contributed by atoms with van der Waals surface area (Å²) in [7, 11) is 0. The van der Waals surface area contributed by atoms with Crippen LogP contribution in [0.3, 0.4) is 0 Å². The van der Waals surface area contributed by atoms with Crippen LogP contribution in [0.15, 0.2) is 23.6 Å². The molecule has 0 bridgehead atoms. The van der Waals surface area contributed by atoms with Crippen molar-refractivity contribution in [3.8, 4) is 22.8 Å². The molecular weight excluding hydrogens is 308 g/mol. The number of hydrogen-bond donors (Lipinski definition) is 0. The Bertz CT molecular complexity index is 685. The number of piperidine rings is 1. The maximum atomic E-state index is 5.79. The summed E-state index contributed by atoms with van der Waals surface area (Å²) in [4.78, 5) is 7.28. The van der Waals surface area contributed by atoms with Gasteiger partial charge in [0, 0.05) is 30.5 Å². The van der Waals surface area contributed by atoms with Crippen LogP contribution >= 0.6 is 11.3 Å². The first-order valence-corrected chi connectivity index (χ1v) is 9.28. The second-order valence-electron chi connectivity index (χ2n) is 6.42. The van der Waals surface area contributed by atoms with Crippen LogP contribution in [0.1, 0.15) is 26.2 Å². The van der Waals surface area contributed by atoms with E-state index in [-0.39, 0.29) is 0 Å². The second-order valence-corrected chi connectivity index (χ2v) is 7.26. The van der Waals surface area contributed by atoms with E-state index in [2.05, 4.69) is 29.3 Å². The molecule has 0 saturated carbocycles. The zero-order valence-corrected chi connectivity index (χ0v) is 14.3. The zero-order valence-electron chi connectivity index (χ0n) is 13.5. The maximum absolute atomic E-state index is 5.79. The molecule has 23 heavy (non-hydrogen) atoms. The lowest BCUT2D eigenvalue weighted by Crippen LogP contribution is -2.34. The number of anilines is 1. The molecule has 4 rings (SSSR count). The van der Waals surface area contributed by atoms with Gasteiger partial charge in [0.05, 0.1) is 18.9 Å². The van der Waals surface area contributed by atoms with Crippen LogP contribution in [0.25, 0.3) is 11.3 Å². The van der Waals surface area contributed by atoms with Crippen molar-refractivity contribution in [1.29, 1.82) is 0 Å². The van der Waals surface area contributed by atoms with Crippen molar-refractivity contribution >= 4 is 16.5 Å². The van der Waals surface area contributed by atoms with Gasteiger partial charge < -0.3 is 14.4 Å². The number of aromatic nitrogens is 1. The first kappa shape index (κ1) is 14.8. The summed E-state index contributed by atoms with van der Waals surface area (Å²) in [6, 6.07) is 6.13. The van der Waals surface area contributed by atoms with E-state index >= 15 is 0 Å². The lowest BCUT2D eigenvalue weighted by atomic mass is 10.0. The number of rotatable bonds is 2. The summed E-state index contributed by atoms with van der Waals surface area (Å²) in [5.74, 6) is 2.43. The van der Waals surface area contributed by atoms with E-state index in [4.69, 9.17) is 14.5 Å². The smallest absolute Gasteiger partial charge is 0.185 e. The standard InChI is InChI=1S/C18H22N2O2S/c1-13-4-2-7-20(11-13)18-19-15(12-23-18)14-5-6-16-17(10-14)22-9-3-8-21-16/h5-6,10,12-13H,2-4,7-9,11H2,1H3/t13-/m1/s1. The topological polar surface area (TPSA) is 34.6 Å². The Kier molecular flexibility index (Phi) is 4.12. The molecule has 0 aliphatic carbocycles. The fourth-order valence-electron chi connectivity index (χ4n) is 3.23. The van der Waals surface area contributed by atoms with Crippen molar-refractivity contribution in [2.75, 3.05) is 31.2 Å². The van der Waals surface area contributed by atoms with E-state index in [1.54, 1.807) is 11.3 Å². The average Bonchev–Trinajstić information content (AvgIpc) is 2.94. The minimum absolute atomic E-state index is 0.713. The van der Waals surface area contributed by atoms with Crippen molar-refractivity contribution < 1.29 is 9.47 Å². The molecule has 1 aromatic heterocycles. The fourth-order valence-corrected chi connectivity index (χ4v) is 4.10. The first-order chi connectivity index (χ1) is 11.3. The maximum Gasteiger partial charge on any atom is 0.185 e. The number of fused-ring (bicyclic) bond motifs is 1. The molecule has 0 radical (unpaired) electrons. The van der Waals surface area contributed by atoms with E-state index in [0.29, 0.717) is 6.61 Å². The fraction of sp³-hybridized carbons (Fsp3) is 0.500. The Morgan fingerprint density at radius 1 is 1.17 bits per heavy atom. The van der Waals surface area contributed by atoms with Gasteiger partial charge in [0.1, 0.15) is 0 Å². The summed E-state index contributed by atoms with van der Waals surface area (Å²) in [5.41, 5.74) is 2.13. The van der Waals surface area contributed by atoms with Crippen LogP contribution < -0.4 is 14.4 Å². The molecule has 2 aliphatic heterocycles. The normalized spacial score (nSPS) is 21.1. The highest BCUT2D eigenvalue weighted by molar-refractivity contribution is 7.14. The van der Waals surface area contributed by atoms with Crippen molar-refractivity contribution in [2.24, 2.45) is 5.92 Å². The summed E-state index contributed by atoms with van der Waals surface area (Å²) < 4.78 is 11.5. The Morgan fingerprint density at radius 3 is 2.91 bits per heavy atom. The van der Waals surface area contributed by atoms with Crippen LogP contribution in [-0.4, -0.2) is 31.3 Å². The molecule has 0 spiro atoms. The van der Waals surface area contributed by atoms with Gasteiger partial charge in [-0.2, -0.15) is 0 Å². The molecule has 3 heterocycles. The molecule has 1 aromatic carbocycles. The molecule has 2 aliphatic rings. The SMILES string of the molecule is C[C@@H]1CCCN(c2nc(-c3ccc4c(c3)OCCCO4)cs2)C1. The predicted molar refractivity (Wildman–Crippen MR) is 93.8 cm³/mol. The molecule has 122 valence electrons.